The molecular formula is C12H18N4O3. The summed E-state index contributed by atoms with van der Waals surface area (Å²) in [6, 6.07) is 2.82. The van der Waals surface area contributed by atoms with Gasteiger partial charge in [0.05, 0.1) is 18.2 Å². The molecule has 1 aliphatic rings. The van der Waals surface area contributed by atoms with E-state index < -0.39 is 12.1 Å². The van der Waals surface area contributed by atoms with Crippen LogP contribution in [0.15, 0.2) is 23.3 Å². The molecule has 2 rings (SSSR count). The summed E-state index contributed by atoms with van der Waals surface area (Å²) in [5.41, 5.74) is 0.152. The molecule has 0 saturated carbocycles. The number of aromatic carboxylic acids is 1. The molecule has 1 aromatic heterocycles. The molecular weight excluding hydrogens is 248 g/mol. The van der Waals surface area contributed by atoms with Crippen LogP contribution in [0, 0.1) is 0 Å². The minimum absolute atomic E-state index is 0.152. The summed E-state index contributed by atoms with van der Waals surface area (Å²) in [5, 5.41) is 23.8. The molecule has 1 aliphatic heterocycles. The number of carboxylic acid groups (broad SMARTS) is 1. The normalized spacial score (nSPS) is 17.4. The fraction of sp³-hybridized carbons (Fsp3) is 0.417. The molecule has 7 heteroatoms. The number of rotatable bonds is 2. The number of aliphatic hydroxyl groups is 1. The second-order valence-corrected chi connectivity index (χ2v) is 3.58. The van der Waals surface area contributed by atoms with Crippen molar-refractivity contribution >= 4 is 17.7 Å². The van der Waals surface area contributed by atoms with E-state index in [2.05, 4.69) is 20.6 Å². The van der Waals surface area contributed by atoms with E-state index in [-0.39, 0.29) is 5.56 Å². The molecule has 0 aromatic carbocycles. The molecule has 1 aromatic rings. The van der Waals surface area contributed by atoms with Crippen LogP contribution in [0.2, 0.25) is 0 Å². The zero-order valence-corrected chi connectivity index (χ0v) is 10.9. The summed E-state index contributed by atoms with van der Waals surface area (Å²) in [7, 11) is 0. The lowest BCUT2D eigenvalue weighted by atomic mass is 10.2. The number of hydrogen-bond donors (Lipinski definition) is 4. The Balaban J connectivity index is 0.000000861. The van der Waals surface area contributed by atoms with Crippen molar-refractivity contribution in [2.75, 3.05) is 18.4 Å². The second-order valence-electron chi connectivity index (χ2n) is 3.58. The predicted octanol–water partition coefficient (Wildman–Crippen LogP) is 0.538. The molecule has 4 N–H and O–H groups in total. The lowest BCUT2D eigenvalue weighted by Crippen LogP contribution is -2.42. The van der Waals surface area contributed by atoms with Crippen molar-refractivity contribution in [1.29, 1.82) is 0 Å². The van der Waals surface area contributed by atoms with E-state index in [9.17, 15) is 9.90 Å². The van der Waals surface area contributed by atoms with Gasteiger partial charge in [0.2, 0.25) is 0 Å². The molecule has 0 aliphatic carbocycles. The van der Waals surface area contributed by atoms with Gasteiger partial charge in [-0.05, 0) is 12.1 Å². The number of nitrogens with zero attached hydrogens (tertiary/aromatic N) is 2. The highest BCUT2D eigenvalue weighted by atomic mass is 16.4. The van der Waals surface area contributed by atoms with Gasteiger partial charge < -0.3 is 20.8 Å². The van der Waals surface area contributed by atoms with Gasteiger partial charge in [-0.1, -0.05) is 13.8 Å². The maximum atomic E-state index is 10.8. The molecule has 0 bridgehead atoms. The van der Waals surface area contributed by atoms with E-state index >= 15 is 0 Å². The van der Waals surface area contributed by atoms with Crippen LogP contribution in [0.3, 0.4) is 0 Å². The van der Waals surface area contributed by atoms with Crippen molar-refractivity contribution in [1.82, 2.24) is 10.3 Å². The number of guanidine groups is 1. The third kappa shape index (κ3) is 4.55. The van der Waals surface area contributed by atoms with Crippen LogP contribution in [0.1, 0.15) is 24.2 Å². The first kappa shape index (κ1) is 14.9. The summed E-state index contributed by atoms with van der Waals surface area (Å²) in [5.74, 6) is -0.137. The van der Waals surface area contributed by atoms with E-state index in [0.29, 0.717) is 24.9 Å². The van der Waals surface area contributed by atoms with Crippen molar-refractivity contribution < 1.29 is 15.0 Å². The molecule has 19 heavy (non-hydrogen) atoms. The average Bonchev–Trinajstić information content (AvgIpc) is 2.44. The molecule has 0 fully saturated rings. The minimum Gasteiger partial charge on any atom is -0.478 e. The number of aliphatic imine (C=N–C) groups is 1. The van der Waals surface area contributed by atoms with Gasteiger partial charge in [0, 0.05) is 12.7 Å². The van der Waals surface area contributed by atoms with Crippen LogP contribution in [-0.2, 0) is 0 Å². The lowest BCUT2D eigenvalue weighted by Gasteiger charge is -2.19. The third-order valence-electron chi connectivity index (χ3n) is 2.22. The molecule has 104 valence electrons. The lowest BCUT2D eigenvalue weighted by molar-refractivity contribution is 0.0697. The van der Waals surface area contributed by atoms with Crippen molar-refractivity contribution in [2.45, 2.75) is 20.0 Å². The summed E-state index contributed by atoms with van der Waals surface area (Å²) < 4.78 is 0. The summed E-state index contributed by atoms with van der Waals surface area (Å²) in [4.78, 5) is 18.8. The van der Waals surface area contributed by atoms with Gasteiger partial charge in [0.25, 0.3) is 0 Å². The Morgan fingerprint density at radius 1 is 1.53 bits per heavy atom. The van der Waals surface area contributed by atoms with Crippen molar-refractivity contribution in [3.8, 4) is 0 Å². The van der Waals surface area contributed by atoms with Gasteiger partial charge in [-0.2, -0.15) is 0 Å². The average molecular weight is 266 g/mol. The number of carboxylic acids is 1. The van der Waals surface area contributed by atoms with Crippen molar-refractivity contribution in [3.63, 3.8) is 0 Å². The van der Waals surface area contributed by atoms with E-state index in [1.54, 1.807) is 0 Å². The zero-order chi connectivity index (χ0) is 14.3. The van der Waals surface area contributed by atoms with E-state index in [0.717, 1.165) is 0 Å². The molecule has 0 saturated heterocycles. The monoisotopic (exact) mass is 266 g/mol. The van der Waals surface area contributed by atoms with Gasteiger partial charge in [0.1, 0.15) is 5.82 Å². The fourth-order valence-corrected chi connectivity index (χ4v) is 1.37. The van der Waals surface area contributed by atoms with Crippen LogP contribution in [-0.4, -0.2) is 46.3 Å². The Morgan fingerprint density at radius 3 is 2.84 bits per heavy atom. The van der Waals surface area contributed by atoms with Crippen LogP contribution >= 0.6 is 0 Å². The van der Waals surface area contributed by atoms with E-state index in [1.165, 1.54) is 18.3 Å². The molecule has 7 nitrogen and oxygen atoms in total. The largest absolute Gasteiger partial charge is 0.478 e. The Bertz CT molecular complexity index is 462. The summed E-state index contributed by atoms with van der Waals surface area (Å²) in [6.45, 7) is 4.72. The van der Waals surface area contributed by atoms with Crippen LogP contribution in [0.4, 0.5) is 5.82 Å². The fourth-order valence-electron chi connectivity index (χ4n) is 1.37. The van der Waals surface area contributed by atoms with Gasteiger partial charge in [-0.15, -0.1) is 0 Å². The molecule has 2 heterocycles. The molecule has 1 unspecified atom stereocenters. The number of carbonyl (C=O) groups is 1. The van der Waals surface area contributed by atoms with Crippen molar-refractivity contribution in [3.05, 3.63) is 23.9 Å². The highest BCUT2D eigenvalue weighted by Crippen LogP contribution is 2.07. The van der Waals surface area contributed by atoms with Gasteiger partial charge in [-0.25, -0.2) is 9.78 Å². The number of anilines is 1. The number of aliphatic hydroxyl groups excluding tert-OH is 1. The summed E-state index contributed by atoms with van der Waals surface area (Å²) >= 11 is 0. The van der Waals surface area contributed by atoms with Crippen LogP contribution in [0.5, 0.6) is 0 Å². The maximum absolute atomic E-state index is 10.8. The Morgan fingerprint density at radius 2 is 2.26 bits per heavy atom. The molecule has 0 radical (unpaired) electrons. The first-order chi connectivity index (χ1) is 9.15. The van der Waals surface area contributed by atoms with Crippen LogP contribution < -0.4 is 10.6 Å². The van der Waals surface area contributed by atoms with E-state index in [4.69, 9.17) is 5.11 Å². The Kier molecular flexibility index (Phi) is 5.74. The van der Waals surface area contributed by atoms with Crippen LogP contribution in [0.25, 0.3) is 0 Å². The quantitative estimate of drug-likeness (QED) is 0.622. The van der Waals surface area contributed by atoms with Gasteiger partial charge in [-0.3, -0.25) is 4.99 Å². The van der Waals surface area contributed by atoms with Gasteiger partial charge in [0.15, 0.2) is 5.96 Å². The standard InChI is InChI=1S/C10H12N4O3.C2H6/c15-7-4-12-10(13-5-7)14-8-3-6(9(16)17)1-2-11-8;1-2/h1-3,7,15H,4-5H2,(H,16,17)(H2,11,12,13,14);1-2H3. The molecule has 1 atom stereocenters. The predicted molar refractivity (Wildman–Crippen MR) is 72.5 cm³/mol. The molecule has 0 spiro atoms. The summed E-state index contributed by atoms with van der Waals surface area (Å²) in [6.07, 6.45) is 0.920. The number of nitrogens with one attached hydrogen (secondary N) is 2. The second kappa shape index (κ2) is 7.32. The number of pyridine rings is 1. The number of aromatic nitrogens is 1. The topological polar surface area (TPSA) is 107 Å². The Hall–Kier alpha value is -2.15. The minimum atomic E-state index is -1.01. The zero-order valence-electron chi connectivity index (χ0n) is 10.9. The maximum Gasteiger partial charge on any atom is 0.335 e. The molecule has 0 amide bonds. The smallest absolute Gasteiger partial charge is 0.335 e. The van der Waals surface area contributed by atoms with E-state index in [1.807, 2.05) is 13.8 Å². The Labute approximate surface area is 111 Å². The SMILES string of the molecule is CC.O=C(O)c1ccnc(NC2=NCC(O)CN2)c1. The number of β-amino-alcohol motifs (C(OH)–C–C–N with tert-alkyl or cyclic N) is 1. The van der Waals surface area contributed by atoms with Gasteiger partial charge >= 0.3 is 5.97 Å². The highest BCUT2D eigenvalue weighted by molar-refractivity contribution is 5.95. The third-order valence-corrected chi connectivity index (χ3v) is 2.22. The first-order valence-corrected chi connectivity index (χ1v) is 6.08. The first-order valence-electron chi connectivity index (χ1n) is 6.08. The number of hydrogen-bond acceptors (Lipinski definition) is 6. The van der Waals surface area contributed by atoms with Crippen molar-refractivity contribution in [2.24, 2.45) is 4.99 Å². The highest BCUT2D eigenvalue weighted by Gasteiger charge is 2.12.